The highest BCUT2D eigenvalue weighted by Crippen LogP contribution is 2.37. The van der Waals surface area contributed by atoms with Crippen LogP contribution >= 0.6 is 23.6 Å². The molecule has 3 N–H and O–H groups in total. The molecule has 1 unspecified atom stereocenters. The van der Waals surface area contributed by atoms with E-state index in [0.29, 0.717) is 55.7 Å². The molecule has 65 heavy (non-hydrogen) atoms. The van der Waals surface area contributed by atoms with E-state index in [1.54, 1.807) is 28.4 Å². The molecule has 4 aromatic rings. The molecule has 2 heterocycles. The van der Waals surface area contributed by atoms with E-state index in [2.05, 4.69) is 20.5 Å². The molecule has 1 saturated heterocycles. The number of aliphatic hydroxyl groups excluding tert-OH is 1. The summed E-state index contributed by atoms with van der Waals surface area (Å²) in [6, 6.07) is 19.9. The van der Waals surface area contributed by atoms with E-state index in [1.165, 1.54) is 4.90 Å². The monoisotopic (exact) mass is 920 g/mol. The van der Waals surface area contributed by atoms with Gasteiger partial charge in [-0.1, -0.05) is 51.1 Å². The van der Waals surface area contributed by atoms with Gasteiger partial charge in [0, 0.05) is 43.5 Å². The summed E-state index contributed by atoms with van der Waals surface area (Å²) in [5, 5.41) is 16.9. The van der Waals surface area contributed by atoms with Crippen LogP contribution in [-0.4, -0.2) is 77.2 Å². The van der Waals surface area contributed by atoms with Crippen molar-refractivity contribution in [2.24, 2.45) is 17.3 Å². The van der Waals surface area contributed by atoms with E-state index in [4.69, 9.17) is 28.3 Å². The fourth-order valence-corrected chi connectivity index (χ4v) is 9.49. The van der Waals surface area contributed by atoms with Crippen LogP contribution in [0.5, 0.6) is 5.75 Å². The Balaban J connectivity index is 0.841. The largest absolute Gasteiger partial charge is 0.494 e. The minimum Gasteiger partial charge on any atom is -0.494 e. The van der Waals surface area contributed by atoms with Gasteiger partial charge < -0.3 is 30.1 Å². The molecule has 3 amide bonds. The number of carbonyl (C=O) groups excluding carboxylic acids is 4. The first-order valence-corrected chi connectivity index (χ1v) is 23.6. The molecule has 2 aliphatic rings. The van der Waals surface area contributed by atoms with Crippen LogP contribution in [0.2, 0.25) is 0 Å². The van der Waals surface area contributed by atoms with Crippen molar-refractivity contribution >= 4 is 69.2 Å². The van der Waals surface area contributed by atoms with Gasteiger partial charge >= 0.3 is 0 Å². The molecule has 0 radical (unpaired) electrons. The number of thiocarbonyl (C=S) groups is 1. The van der Waals surface area contributed by atoms with Crippen molar-refractivity contribution in [3.05, 3.63) is 100 Å². The lowest BCUT2D eigenvalue weighted by atomic mass is 9.77. The maximum Gasteiger partial charge on any atom is 0.253 e. The number of benzene rings is 3. The number of aliphatic hydroxyl groups is 1. The second-order valence-corrected chi connectivity index (χ2v) is 19.2. The first kappa shape index (κ1) is 48.9. The van der Waals surface area contributed by atoms with Crippen molar-refractivity contribution in [2.75, 3.05) is 36.2 Å². The molecule has 1 aliphatic carbocycles. The lowest BCUT2D eigenvalue weighted by Crippen LogP contribution is -2.52. The molecule has 0 bridgehead atoms. The number of ketones is 1. The number of nitrogens with zero attached hydrogens (tertiary/aromatic N) is 4. The van der Waals surface area contributed by atoms with E-state index in [-0.39, 0.29) is 49.3 Å². The zero-order chi connectivity index (χ0) is 46.7. The molecule has 15 heteroatoms. The molecule has 1 aliphatic heterocycles. The summed E-state index contributed by atoms with van der Waals surface area (Å²) in [7, 11) is 0. The Kier molecular flexibility index (Phi) is 17.0. The second-order valence-electron chi connectivity index (χ2n) is 17.9. The number of aromatic nitrogens is 1. The molecule has 0 spiro atoms. The zero-order valence-electron chi connectivity index (χ0n) is 37.9. The van der Waals surface area contributed by atoms with Crippen LogP contribution in [0.25, 0.3) is 15.3 Å². The maximum atomic E-state index is 14.0. The van der Waals surface area contributed by atoms with Gasteiger partial charge in [0.1, 0.15) is 12.3 Å². The fourth-order valence-electron chi connectivity index (χ4n) is 8.30. The predicted octanol–water partition coefficient (Wildman–Crippen LogP) is 8.66. The molecule has 1 aromatic heterocycles. The number of aryl methyl sites for hydroxylation is 2. The van der Waals surface area contributed by atoms with Crippen molar-refractivity contribution in [2.45, 2.75) is 105 Å². The molecule has 13 nitrogen and oxygen atoms in total. The summed E-state index contributed by atoms with van der Waals surface area (Å²) >= 11 is 7.26. The lowest BCUT2D eigenvalue weighted by Gasteiger charge is -2.33. The second kappa shape index (κ2) is 22.6. The molecule has 6 rings (SSSR count). The molecular weight excluding hydrogens is 861 g/mol. The highest BCUT2D eigenvalue weighted by Gasteiger charge is 2.46. The van der Waals surface area contributed by atoms with E-state index >= 15 is 0 Å². The summed E-state index contributed by atoms with van der Waals surface area (Å²) in [6.07, 6.45) is 3.85. The number of anilines is 2. The Labute approximate surface area is 391 Å². The number of unbranched alkanes of at least 4 members (excludes halogenated alkanes) is 3. The van der Waals surface area contributed by atoms with Gasteiger partial charge in [0.15, 0.2) is 16.6 Å². The van der Waals surface area contributed by atoms with Gasteiger partial charge in [0.25, 0.3) is 5.91 Å². The topological polar surface area (TPSA) is 155 Å². The first-order valence-electron chi connectivity index (χ1n) is 22.4. The van der Waals surface area contributed by atoms with Crippen LogP contribution in [0.4, 0.5) is 17.1 Å². The van der Waals surface area contributed by atoms with Gasteiger partial charge in [-0.25, -0.2) is 9.83 Å². The number of hydrogen-bond donors (Lipinski definition) is 3. The van der Waals surface area contributed by atoms with Gasteiger partial charge in [-0.05, 0) is 130 Å². The number of hydrogen-bond acceptors (Lipinski definition) is 10. The quantitative estimate of drug-likeness (QED) is 0.0420. The highest BCUT2D eigenvalue weighted by atomic mass is 32.1. The summed E-state index contributed by atoms with van der Waals surface area (Å²) in [4.78, 5) is 65.8. The van der Waals surface area contributed by atoms with Crippen molar-refractivity contribution in [3.63, 3.8) is 0 Å². The van der Waals surface area contributed by atoms with E-state index < -0.39 is 29.4 Å². The van der Waals surface area contributed by atoms with E-state index in [1.807, 2.05) is 94.7 Å². The summed E-state index contributed by atoms with van der Waals surface area (Å²) in [6.45, 7) is 18.9. The summed E-state index contributed by atoms with van der Waals surface area (Å²) in [5.41, 5.74) is 6.97. The van der Waals surface area contributed by atoms with Gasteiger partial charge in [-0.3, -0.25) is 24.1 Å². The highest BCUT2D eigenvalue weighted by molar-refractivity contribution is 7.81. The number of Topliss-reactive ketones (excluding diaryl/α,β-unsaturated/α-hetero) is 1. The van der Waals surface area contributed by atoms with Crippen molar-refractivity contribution in [3.8, 4) is 16.2 Å². The fraction of sp³-hybridized carbons (Fsp3) is 0.460. The molecule has 1 saturated carbocycles. The van der Waals surface area contributed by atoms with Crippen LogP contribution in [0.3, 0.4) is 0 Å². The van der Waals surface area contributed by atoms with Gasteiger partial charge in [-0.2, -0.15) is 0 Å². The van der Waals surface area contributed by atoms with Crippen LogP contribution in [0.1, 0.15) is 89.0 Å². The Bertz CT molecular complexity index is 2350. The number of ether oxygens (including phenoxy) is 2. The Morgan fingerprint density at radius 1 is 0.938 bits per heavy atom. The van der Waals surface area contributed by atoms with E-state index in [9.17, 15) is 24.3 Å². The number of amides is 3. The van der Waals surface area contributed by atoms with Crippen molar-refractivity contribution < 1.29 is 33.8 Å². The molecule has 4 atom stereocenters. The Hall–Kier alpha value is -5.53. The minimum atomic E-state index is -0.803. The zero-order valence-corrected chi connectivity index (χ0v) is 39.6. The minimum absolute atomic E-state index is 0.130. The summed E-state index contributed by atoms with van der Waals surface area (Å²) < 4.78 is 11.8. The Morgan fingerprint density at radius 3 is 2.28 bits per heavy atom. The molecule has 2 fully saturated rings. The van der Waals surface area contributed by atoms with Gasteiger partial charge in [0.2, 0.25) is 11.8 Å². The number of carbonyl (C=O) groups is 4. The van der Waals surface area contributed by atoms with Crippen molar-refractivity contribution in [1.82, 2.24) is 15.6 Å². The van der Waals surface area contributed by atoms with E-state index in [0.717, 1.165) is 58.0 Å². The lowest BCUT2D eigenvalue weighted by molar-refractivity contribution is -0.137. The summed E-state index contributed by atoms with van der Waals surface area (Å²) in [5.74, 6) is -1.50. The third kappa shape index (κ3) is 12.8. The standard InChI is InChI=1S/C50H60N6O7S2/c1-32-26-37(19-22-42(32)51-6)56-44(59)30-55(49(56)64)36-17-20-39(21-18-36)63-25-10-7-9-23-62-24-11-8-12-43(58)54-47(50(3,4)5)45(60)40-27-38(57)28-41(40)48(61)52-29-34-13-15-35(16-14-34)46-33(2)53-31-65-46/h13-22,26,31,38,40-41,47,57H,7-12,23-25,27-30H2,1-5H3,(H,52,61)(H,54,58)/t38-,40?,41+,47+/m0/s1. The number of thiazole rings is 1. The normalized spacial score (nSPS) is 17.8. The number of rotatable bonds is 21. The average Bonchev–Trinajstić information content (AvgIpc) is 3.98. The average molecular weight is 921 g/mol. The third-order valence-electron chi connectivity index (χ3n) is 11.9. The Morgan fingerprint density at radius 2 is 1.62 bits per heavy atom. The van der Waals surface area contributed by atoms with Crippen LogP contribution < -0.4 is 25.2 Å². The smallest absolute Gasteiger partial charge is 0.253 e. The third-order valence-corrected chi connectivity index (χ3v) is 13.3. The van der Waals surface area contributed by atoms with Gasteiger partial charge in [0.05, 0.1) is 47.3 Å². The first-order chi connectivity index (χ1) is 31.1. The van der Waals surface area contributed by atoms with Crippen LogP contribution in [0.15, 0.2) is 72.2 Å². The number of nitrogens with one attached hydrogen (secondary N) is 2. The predicted molar refractivity (Wildman–Crippen MR) is 258 cm³/mol. The molecule has 344 valence electrons. The van der Waals surface area contributed by atoms with Gasteiger partial charge in [-0.15, -0.1) is 11.3 Å². The SMILES string of the molecule is [C-]#[N+]c1ccc(N2C(=O)CN(c3ccc(OCCCCCOCCCCC(=O)N[C@H](C(=O)C4C[C@H](O)C[C@H]4C(=O)NCc4ccc(-c5scnc5C)cc4)C(C)(C)C)cc3)C2=S)cc1C. The van der Waals surface area contributed by atoms with Crippen LogP contribution in [-0.2, 0) is 30.5 Å². The molecule has 3 aromatic carbocycles. The van der Waals surface area contributed by atoms with Crippen molar-refractivity contribution in [1.29, 1.82) is 0 Å². The molecular formula is C50H60N6O7S2. The van der Waals surface area contributed by atoms with Crippen LogP contribution in [0, 0.1) is 37.7 Å². The maximum absolute atomic E-state index is 14.0.